The lowest BCUT2D eigenvalue weighted by molar-refractivity contribution is 0.267. The molecule has 0 radical (unpaired) electrons. The summed E-state index contributed by atoms with van der Waals surface area (Å²) in [7, 11) is 0. The summed E-state index contributed by atoms with van der Waals surface area (Å²) in [5.74, 6) is 0.473. The van der Waals surface area contributed by atoms with Crippen LogP contribution in [0.15, 0.2) is 42.5 Å². The zero-order valence-electron chi connectivity index (χ0n) is 12.2. The summed E-state index contributed by atoms with van der Waals surface area (Å²) in [4.78, 5) is 0. The van der Waals surface area contributed by atoms with Gasteiger partial charge in [-0.25, -0.2) is 4.39 Å². The van der Waals surface area contributed by atoms with Gasteiger partial charge >= 0.3 is 0 Å². The minimum Gasteiger partial charge on any atom is -0.492 e. The number of hydrogen-bond donors (Lipinski definition) is 1. The fraction of sp³-hybridized carbons (Fsp3) is 0.294. The van der Waals surface area contributed by atoms with Crippen molar-refractivity contribution in [2.24, 2.45) is 0 Å². The third kappa shape index (κ3) is 4.45. The summed E-state index contributed by atoms with van der Waals surface area (Å²) in [6.45, 7) is 5.18. The molecule has 2 aromatic rings. The minimum atomic E-state index is -0.235. The van der Waals surface area contributed by atoms with Gasteiger partial charge in [0.2, 0.25) is 0 Å². The van der Waals surface area contributed by atoms with Crippen LogP contribution in [0.1, 0.15) is 24.1 Å². The molecular weight excluding hydrogens is 289 g/mol. The van der Waals surface area contributed by atoms with Gasteiger partial charge in [-0.3, -0.25) is 0 Å². The molecule has 2 aromatic carbocycles. The number of halogens is 2. The molecule has 1 N–H and O–H groups in total. The lowest BCUT2D eigenvalue weighted by Crippen LogP contribution is -2.27. The molecule has 0 heterocycles. The van der Waals surface area contributed by atoms with Crippen molar-refractivity contribution in [3.63, 3.8) is 0 Å². The molecule has 0 saturated heterocycles. The normalized spacial score (nSPS) is 12.2. The van der Waals surface area contributed by atoms with Crippen LogP contribution in [0.25, 0.3) is 0 Å². The van der Waals surface area contributed by atoms with Crippen molar-refractivity contribution in [3.8, 4) is 5.75 Å². The number of likely N-dealkylation sites (N-methyl/N-ethyl adjacent to an activating group) is 1. The summed E-state index contributed by atoms with van der Waals surface area (Å²) in [5.41, 5.74) is 1.95. The Hall–Kier alpha value is -1.58. The molecule has 1 unspecified atom stereocenters. The zero-order valence-corrected chi connectivity index (χ0v) is 13.0. The molecule has 112 valence electrons. The highest BCUT2D eigenvalue weighted by atomic mass is 35.5. The van der Waals surface area contributed by atoms with Gasteiger partial charge in [-0.15, -0.1) is 0 Å². The third-order valence-electron chi connectivity index (χ3n) is 3.28. The largest absolute Gasteiger partial charge is 0.492 e. The quantitative estimate of drug-likeness (QED) is 0.847. The molecule has 0 spiro atoms. The number of nitrogens with one attached hydrogen (secondary N) is 1. The second-order valence-corrected chi connectivity index (χ2v) is 5.32. The van der Waals surface area contributed by atoms with Gasteiger partial charge in [-0.05, 0) is 54.9 Å². The lowest BCUT2D eigenvalue weighted by Gasteiger charge is -2.21. The van der Waals surface area contributed by atoms with Crippen molar-refractivity contribution in [1.82, 2.24) is 5.32 Å². The van der Waals surface area contributed by atoms with Gasteiger partial charge in [0, 0.05) is 5.02 Å². The number of aryl methyl sites for hydroxylation is 1. The van der Waals surface area contributed by atoms with Crippen LogP contribution in [0.3, 0.4) is 0 Å². The summed E-state index contributed by atoms with van der Waals surface area (Å²) in [6, 6.07) is 12.0. The van der Waals surface area contributed by atoms with Crippen molar-refractivity contribution < 1.29 is 9.13 Å². The van der Waals surface area contributed by atoms with Gasteiger partial charge in [0.1, 0.15) is 18.2 Å². The maximum Gasteiger partial charge on any atom is 0.123 e. The van der Waals surface area contributed by atoms with Crippen molar-refractivity contribution in [1.29, 1.82) is 0 Å². The van der Waals surface area contributed by atoms with Crippen molar-refractivity contribution in [3.05, 3.63) is 64.4 Å². The minimum absolute atomic E-state index is 0.0651. The maximum atomic E-state index is 13.5. The Morgan fingerprint density at radius 3 is 2.76 bits per heavy atom. The Labute approximate surface area is 129 Å². The average molecular weight is 308 g/mol. The Kier molecular flexibility index (Phi) is 5.59. The first-order valence-corrected chi connectivity index (χ1v) is 7.35. The molecular formula is C17H19ClFNO. The van der Waals surface area contributed by atoms with Gasteiger partial charge in [-0.1, -0.05) is 30.7 Å². The van der Waals surface area contributed by atoms with Gasteiger partial charge < -0.3 is 10.1 Å². The molecule has 2 nitrogen and oxygen atoms in total. The molecule has 2 rings (SSSR count). The highest BCUT2D eigenvalue weighted by Crippen LogP contribution is 2.22. The van der Waals surface area contributed by atoms with E-state index in [1.54, 1.807) is 24.3 Å². The van der Waals surface area contributed by atoms with Crippen LogP contribution in [0.5, 0.6) is 5.75 Å². The molecule has 0 fully saturated rings. The summed E-state index contributed by atoms with van der Waals surface area (Å²) >= 11 is 5.94. The van der Waals surface area contributed by atoms with Crippen LogP contribution in [-0.2, 0) is 0 Å². The fourth-order valence-corrected chi connectivity index (χ4v) is 2.41. The predicted octanol–water partition coefficient (Wildman–Crippen LogP) is 4.52. The Morgan fingerprint density at radius 2 is 2.05 bits per heavy atom. The van der Waals surface area contributed by atoms with Crippen molar-refractivity contribution in [2.75, 3.05) is 13.2 Å². The van der Waals surface area contributed by atoms with E-state index in [-0.39, 0.29) is 11.9 Å². The van der Waals surface area contributed by atoms with Crippen LogP contribution in [-0.4, -0.2) is 13.2 Å². The molecule has 0 saturated carbocycles. The number of rotatable bonds is 6. The molecule has 21 heavy (non-hydrogen) atoms. The average Bonchev–Trinajstić information content (AvgIpc) is 2.46. The SMILES string of the molecule is CCNC(COc1cccc(Cl)c1)c1cc(F)ccc1C. The monoisotopic (exact) mass is 307 g/mol. The smallest absolute Gasteiger partial charge is 0.123 e. The van der Waals surface area contributed by atoms with E-state index >= 15 is 0 Å². The summed E-state index contributed by atoms with van der Waals surface area (Å²) in [6.07, 6.45) is 0. The van der Waals surface area contributed by atoms with Crippen LogP contribution >= 0.6 is 11.6 Å². The molecule has 0 aromatic heterocycles. The molecule has 0 amide bonds. The maximum absolute atomic E-state index is 13.5. The molecule has 0 aliphatic carbocycles. The van der Waals surface area contributed by atoms with E-state index in [0.717, 1.165) is 17.7 Å². The summed E-state index contributed by atoms with van der Waals surface area (Å²) in [5, 5.41) is 3.96. The van der Waals surface area contributed by atoms with Crippen molar-refractivity contribution in [2.45, 2.75) is 19.9 Å². The Morgan fingerprint density at radius 1 is 1.24 bits per heavy atom. The lowest BCUT2D eigenvalue weighted by atomic mass is 10.0. The van der Waals surface area contributed by atoms with E-state index in [1.165, 1.54) is 6.07 Å². The topological polar surface area (TPSA) is 21.3 Å². The van der Waals surface area contributed by atoms with Gasteiger partial charge in [0.15, 0.2) is 0 Å². The first-order chi connectivity index (χ1) is 10.1. The molecule has 0 bridgehead atoms. The Balaban J connectivity index is 2.13. The number of ether oxygens (including phenoxy) is 1. The van der Waals surface area contributed by atoms with Gasteiger partial charge in [-0.2, -0.15) is 0 Å². The first-order valence-electron chi connectivity index (χ1n) is 6.98. The highest BCUT2D eigenvalue weighted by molar-refractivity contribution is 6.30. The van der Waals surface area contributed by atoms with Crippen molar-refractivity contribution >= 4 is 11.6 Å². The predicted molar refractivity (Wildman–Crippen MR) is 84.5 cm³/mol. The molecule has 0 aliphatic rings. The fourth-order valence-electron chi connectivity index (χ4n) is 2.23. The van der Waals surface area contributed by atoms with Crippen LogP contribution in [0, 0.1) is 12.7 Å². The van der Waals surface area contributed by atoms with E-state index < -0.39 is 0 Å². The summed E-state index contributed by atoms with van der Waals surface area (Å²) < 4.78 is 19.3. The number of benzene rings is 2. The van der Waals surface area contributed by atoms with Gasteiger partial charge in [0.25, 0.3) is 0 Å². The number of hydrogen-bond acceptors (Lipinski definition) is 2. The second-order valence-electron chi connectivity index (χ2n) is 4.88. The van der Waals surface area contributed by atoms with E-state index in [0.29, 0.717) is 17.4 Å². The Bertz CT molecular complexity index is 603. The van der Waals surface area contributed by atoms with E-state index in [1.807, 2.05) is 26.0 Å². The van der Waals surface area contributed by atoms with Crippen LogP contribution in [0.4, 0.5) is 4.39 Å². The second kappa shape index (κ2) is 7.43. The first kappa shape index (κ1) is 15.8. The van der Waals surface area contributed by atoms with E-state index in [2.05, 4.69) is 5.32 Å². The highest BCUT2D eigenvalue weighted by Gasteiger charge is 2.14. The molecule has 0 aliphatic heterocycles. The third-order valence-corrected chi connectivity index (χ3v) is 3.52. The standard InChI is InChI=1S/C17H19ClFNO/c1-3-20-17(16-10-14(19)8-7-12(16)2)11-21-15-6-4-5-13(18)9-15/h4-10,17,20H,3,11H2,1-2H3. The van der Waals surface area contributed by atoms with E-state index in [4.69, 9.17) is 16.3 Å². The van der Waals surface area contributed by atoms with E-state index in [9.17, 15) is 4.39 Å². The molecule has 1 atom stereocenters. The van der Waals surface area contributed by atoms with Crippen LogP contribution in [0.2, 0.25) is 5.02 Å². The van der Waals surface area contributed by atoms with Crippen LogP contribution < -0.4 is 10.1 Å². The van der Waals surface area contributed by atoms with Gasteiger partial charge in [0.05, 0.1) is 6.04 Å². The molecule has 4 heteroatoms. The zero-order chi connectivity index (χ0) is 15.2.